The van der Waals surface area contributed by atoms with Crippen LogP contribution >= 0.6 is 11.3 Å². The van der Waals surface area contributed by atoms with Gasteiger partial charge in [-0.25, -0.2) is 4.98 Å². The molecule has 0 spiro atoms. The Hall–Kier alpha value is -2.66. The molecule has 0 fully saturated rings. The van der Waals surface area contributed by atoms with Crippen molar-refractivity contribution in [1.82, 2.24) is 4.98 Å². The zero-order valence-electron chi connectivity index (χ0n) is 15.9. The number of rotatable bonds is 7. The molecule has 0 aliphatic rings. The number of ether oxygens (including phenoxy) is 1. The summed E-state index contributed by atoms with van der Waals surface area (Å²) in [5.41, 5.74) is 4.80. The van der Waals surface area contributed by atoms with E-state index in [1.54, 1.807) is 0 Å². The highest BCUT2D eigenvalue weighted by atomic mass is 32.1. The molecule has 140 valence electrons. The number of thiazole rings is 1. The van der Waals surface area contributed by atoms with E-state index >= 15 is 0 Å². The molecule has 1 heterocycles. The summed E-state index contributed by atoms with van der Waals surface area (Å²) in [5.74, 6) is 0.714. The van der Waals surface area contributed by atoms with E-state index in [1.165, 1.54) is 22.5 Å². The van der Waals surface area contributed by atoms with Crippen molar-refractivity contribution >= 4 is 22.4 Å². The van der Waals surface area contributed by atoms with E-state index in [0.717, 1.165) is 28.2 Å². The molecule has 1 N–H and O–H groups in total. The van der Waals surface area contributed by atoms with E-state index in [1.807, 2.05) is 32.2 Å². The second kappa shape index (κ2) is 8.82. The summed E-state index contributed by atoms with van der Waals surface area (Å²) in [6.45, 7) is 6.49. The number of amides is 1. The summed E-state index contributed by atoms with van der Waals surface area (Å²) in [7, 11) is 0. The van der Waals surface area contributed by atoms with E-state index in [-0.39, 0.29) is 5.91 Å². The van der Waals surface area contributed by atoms with Gasteiger partial charge in [-0.2, -0.15) is 0 Å². The third kappa shape index (κ3) is 5.93. The normalized spacial score (nSPS) is 10.6. The van der Waals surface area contributed by atoms with Crippen LogP contribution < -0.4 is 10.1 Å². The van der Waals surface area contributed by atoms with Crippen LogP contribution in [0.25, 0.3) is 0 Å². The minimum atomic E-state index is -0.0872. The summed E-state index contributed by atoms with van der Waals surface area (Å²) in [6, 6.07) is 14.5. The molecule has 2 aromatic carbocycles. The first kappa shape index (κ1) is 19.1. The third-order valence-electron chi connectivity index (χ3n) is 4.05. The van der Waals surface area contributed by atoms with E-state index < -0.39 is 0 Å². The summed E-state index contributed by atoms with van der Waals surface area (Å²) < 4.78 is 5.69. The number of nitrogens with zero attached hydrogens (tertiary/aromatic N) is 1. The fraction of sp³-hybridized carbons (Fsp3) is 0.273. The Bertz CT molecular complexity index is 913. The van der Waals surface area contributed by atoms with Crippen LogP contribution in [0.5, 0.6) is 5.75 Å². The number of carbonyl (C=O) groups is 1. The molecular formula is C22H24N2O2S. The summed E-state index contributed by atoms with van der Waals surface area (Å²) in [5, 5.41) is 3.49. The Labute approximate surface area is 164 Å². The molecule has 4 nitrogen and oxygen atoms in total. The van der Waals surface area contributed by atoms with Crippen molar-refractivity contribution in [2.24, 2.45) is 0 Å². The van der Waals surface area contributed by atoms with Gasteiger partial charge in [0.25, 0.3) is 0 Å². The number of carbonyl (C=O) groups excluding carboxylic acids is 1. The maximum Gasteiger partial charge on any atom is 0.229 e. The third-order valence-corrected chi connectivity index (χ3v) is 4.97. The van der Waals surface area contributed by atoms with Gasteiger partial charge in [-0.3, -0.25) is 4.79 Å². The van der Waals surface area contributed by atoms with E-state index in [9.17, 15) is 4.79 Å². The second-order valence-corrected chi connectivity index (χ2v) is 7.88. The first-order valence-corrected chi connectivity index (χ1v) is 9.81. The van der Waals surface area contributed by atoms with Gasteiger partial charge in [0, 0.05) is 17.5 Å². The molecule has 0 aliphatic carbocycles. The fourth-order valence-corrected chi connectivity index (χ4v) is 3.79. The van der Waals surface area contributed by atoms with Crippen LogP contribution in [-0.2, 0) is 11.2 Å². The molecule has 5 heteroatoms. The quantitative estimate of drug-likeness (QED) is 0.623. The van der Waals surface area contributed by atoms with Gasteiger partial charge in [0.2, 0.25) is 5.91 Å². The van der Waals surface area contributed by atoms with Crippen LogP contribution in [0.3, 0.4) is 0 Å². The van der Waals surface area contributed by atoms with Crippen molar-refractivity contribution in [3.05, 3.63) is 75.8 Å². The van der Waals surface area contributed by atoms with Crippen LogP contribution in [0.2, 0.25) is 0 Å². The van der Waals surface area contributed by atoms with Crippen LogP contribution in [0.15, 0.2) is 48.7 Å². The molecule has 0 unspecified atom stereocenters. The number of aryl methyl sites for hydroxylation is 3. The number of hydrogen-bond donors (Lipinski definition) is 1. The molecule has 0 bridgehead atoms. The minimum absolute atomic E-state index is 0.0872. The lowest BCUT2D eigenvalue weighted by Crippen LogP contribution is -2.15. The average molecular weight is 381 g/mol. The van der Waals surface area contributed by atoms with Crippen LogP contribution in [0, 0.1) is 20.8 Å². The largest absolute Gasteiger partial charge is 0.493 e. The number of aromatic nitrogens is 1. The molecule has 3 aromatic rings. The molecular weight excluding hydrogens is 356 g/mol. The van der Waals surface area contributed by atoms with Gasteiger partial charge in [-0.1, -0.05) is 35.9 Å². The fourth-order valence-electron chi connectivity index (χ4n) is 2.93. The molecule has 0 saturated heterocycles. The molecule has 0 saturated carbocycles. The Morgan fingerprint density at radius 1 is 1.07 bits per heavy atom. The minimum Gasteiger partial charge on any atom is -0.493 e. The molecule has 27 heavy (non-hydrogen) atoms. The number of hydrogen-bond acceptors (Lipinski definition) is 4. The molecule has 1 amide bonds. The van der Waals surface area contributed by atoms with E-state index in [2.05, 4.69) is 47.6 Å². The van der Waals surface area contributed by atoms with Crippen LogP contribution in [0.1, 0.15) is 33.6 Å². The van der Waals surface area contributed by atoms with Crippen molar-refractivity contribution in [3.8, 4) is 5.75 Å². The van der Waals surface area contributed by atoms with Crippen LogP contribution in [-0.4, -0.2) is 17.5 Å². The zero-order chi connectivity index (χ0) is 19.2. The van der Waals surface area contributed by atoms with Crippen molar-refractivity contribution in [1.29, 1.82) is 0 Å². The van der Waals surface area contributed by atoms with Gasteiger partial charge in [0.15, 0.2) is 5.13 Å². The van der Waals surface area contributed by atoms with Crippen molar-refractivity contribution < 1.29 is 9.53 Å². The van der Waals surface area contributed by atoms with Crippen LogP contribution in [0.4, 0.5) is 5.13 Å². The van der Waals surface area contributed by atoms with Gasteiger partial charge < -0.3 is 10.1 Å². The lowest BCUT2D eigenvalue weighted by atomic mass is 10.1. The Morgan fingerprint density at radius 3 is 2.59 bits per heavy atom. The van der Waals surface area contributed by atoms with Crippen molar-refractivity contribution in [3.63, 3.8) is 0 Å². The lowest BCUT2D eigenvalue weighted by molar-refractivity contribution is -0.116. The molecule has 0 radical (unpaired) electrons. The summed E-state index contributed by atoms with van der Waals surface area (Å²) >= 11 is 1.51. The topological polar surface area (TPSA) is 51.2 Å². The Balaban J connectivity index is 1.47. The number of anilines is 1. The first-order chi connectivity index (χ1) is 13.0. The standard InChI is InChI=1S/C22H24N2O2S/c1-15-5-4-6-18(10-15)13-20-14-23-22(27-20)24-21(25)7-8-26-19-11-16(2)9-17(3)12-19/h4-6,9-12,14H,7-8,13H2,1-3H3,(H,23,24,25). The SMILES string of the molecule is Cc1cccc(Cc2cnc(NC(=O)CCOc3cc(C)cc(C)c3)s2)c1. The Morgan fingerprint density at radius 2 is 1.85 bits per heavy atom. The highest BCUT2D eigenvalue weighted by Crippen LogP contribution is 2.22. The van der Waals surface area contributed by atoms with Crippen molar-refractivity contribution in [2.45, 2.75) is 33.6 Å². The predicted molar refractivity (Wildman–Crippen MR) is 111 cm³/mol. The van der Waals surface area contributed by atoms with Gasteiger partial charge >= 0.3 is 0 Å². The molecule has 1 aromatic heterocycles. The molecule has 3 rings (SSSR count). The Kier molecular flexibility index (Phi) is 6.24. The highest BCUT2D eigenvalue weighted by Gasteiger charge is 2.08. The number of benzene rings is 2. The van der Waals surface area contributed by atoms with E-state index in [0.29, 0.717) is 18.2 Å². The predicted octanol–water partition coefficient (Wildman–Crippen LogP) is 5.07. The monoisotopic (exact) mass is 380 g/mol. The van der Waals surface area contributed by atoms with E-state index in [4.69, 9.17) is 4.74 Å². The lowest BCUT2D eigenvalue weighted by Gasteiger charge is -2.08. The molecule has 0 atom stereocenters. The average Bonchev–Trinajstić information content (AvgIpc) is 3.00. The summed E-state index contributed by atoms with van der Waals surface area (Å²) in [4.78, 5) is 17.6. The highest BCUT2D eigenvalue weighted by molar-refractivity contribution is 7.15. The van der Waals surface area contributed by atoms with Gasteiger partial charge in [-0.05, 0) is 49.6 Å². The second-order valence-electron chi connectivity index (χ2n) is 6.77. The molecule has 0 aliphatic heterocycles. The van der Waals surface area contributed by atoms with Gasteiger partial charge in [-0.15, -0.1) is 11.3 Å². The van der Waals surface area contributed by atoms with Crippen molar-refractivity contribution in [2.75, 3.05) is 11.9 Å². The van der Waals surface area contributed by atoms with Gasteiger partial charge in [0.05, 0.1) is 13.0 Å². The maximum absolute atomic E-state index is 12.1. The van der Waals surface area contributed by atoms with Gasteiger partial charge in [0.1, 0.15) is 5.75 Å². The smallest absolute Gasteiger partial charge is 0.229 e. The number of nitrogens with one attached hydrogen (secondary N) is 1. The zero-order valence-corrected chi connectivity index (χ0v) is 16.7. The first-order valence-electron chi connectivity index (χ1n) is 8.99. The summed E-state index contributed by atoms with van der Waals surface area (Å²) in [6.07, 6.45) is 2.94. The maximum atomic E-state index is 12.1.